The largest absolute Gasteiger partial charge is 0.491 e. The summed E-state index contributed by atoms with van der Waals surface area (Å²) in [7, 11) is 0. The molecule has 3 heteroatoms. The number of nitrogens with one attached hydrogen (secondary N) is 1. The fourth-order valence-electron chi connectivity index (χ4n) is 1.57. The molecule has 0 spiro atoms. The van der Waals surface area contributed by atoms with Crippen molar-refractivity contribution in [3.8, 4) is 5.75 Å². The highest BCUT2D eigenvalue weighted by atomic mass is 19.1. The summed E-state index contributed by atoms with van der Waals surface area (Å²) in [5.41, 5.74) is 0. The summed E-state index contributed by atoms with van der Waals surface area (Å²) >= 11 is 0. The molecule has 96 valence electrons. The second kappa shape index (κ2) is 8.99. The lowest BCUT2D eigenvalue weighted by atomic mass is 10.2. The summed E-state index contributed by atoms with van der Waals surface area (Å²) in [5.74, 6) is 0.0775. The monoisotopic (exact) mass is 239 g/mol. The Balaban J connectivity index is 1.99. The Bertz CT molecular complexity index is 304. The van der Waals surface area contributed by atoms with Crippen molar-refractivity contribution >= 4 is 0 Å². The standard InChI is InChI=1S/C14H22FNO/c1-2-10-16-11-6-3-7-12-17-14-9-5-4-8-13(14)15/h4-5,8-9,16H,2-3,6-7,10-12H2,1H3. The van der Waals surface area contributed by atoms with Crippen molar-refractivity contribution in [3.05, 3.63) is 30.1 Å². The van der Waals surface area contributed by atoms with Crippen LogP contribution in [0, 0.1) is 5.82 Å². The first-order valence-electron chi connectivity index (χ1n) is 6.42. The van der Waals surface area contributed by atoms with Gasteiger partial charge in [-0.1, -0.05) is 19.1 Å². The number of para-hydroxylation sites is 1. The van der Waals surface area contributed by atoms with E-state index in [9.17, 15) is 4.39 Å². The number of rotatable bonds is 9. The topological polar surface area (TPSA) is 21.3 Å². The summed E-state index contributed by atoms with van der Waals surface area (Å²) in [4.78, 5) is 0. The maximum absolute atomic E-state index is 13.2. The molecule has 0 saturated heterocycles. The molecule has 0 heterocycles. The van der Waals surface area contributed by atoms with E-state index in [1.54, 1.807) is 18.2 Å². The summed E-state index contributed by atoms with van der Waals surface area (Å²) in [6.45, 7) is 4.91. The van der Waals surface area contributed by atoms with Crippen LogP contribution in [-0.2, 0) is 0 Å². The number of halogens is 1. The van der Waals surface area contributed by atoms with Gasteiger partial charge in [0.2, 0.25) is 0 Å². The van der Waals surface area contributed by atoms with E-state index in [2.05, 4.69) is 12.2 Å². The highest BCUT2D eigenvalue weighted by Gasteiger charge is 2.00. The summed E-state index contributed by atoms with van der Waals surface area (Å²) in [6, 6.07) is 6.54. The quantitative estimate of drug-likeness (QED) is 0.667. The molecule has 0 amide bonds. The lowest BCUT2D eigenvalue weighted by molar-refractivity contribution is 0.290. The predicted octanol–water partition coefficient (Wildman–Crippen LogP) is 3.37. The fourth-order valence-corrected chi connectivity index (χ4v) is 1.57. The Morgan fingerprint density at radius 1 is 1.12 bits per heavy atom. The van der Waals surface area contributed by atoms with Gasteiger partial charge in [-0.2, -0.15) is 0 Å². The summed E-state index contributed by atoms with van der Waals surface area (Å²) in [5, 5.41) is 3.35. The Kier molecular flexibility index (Phi) is 7.39. The Hall–Kier alpha value is -1.09. The molecule has 2 nitrogen and oxygen atoms in total. The van der Waals surface area contributed by atoms with E-state index in [1.807, 2.05) is 0 Å². The number of benzene rings is 1. The van der Waals surface area contributed by atoms with Gasteiger partial charge in [0, 0.05) is 0 Å². The Morgan fingerprint density at radius 3 is 2.71 bits per heavy atom. The normalized spacial score (nSPS) is 10.5. The zero-order valence-electron chi connectivity index (χ0n) is 10.5. The SMILES string of the molecule is CCCNCCCCCOc1ccccc1F. The number of ether oxygens (including phenoxy) is 1. The van der Waals surface area contributed by atoms with Crippen LogP contribution in [0.2, 0.25) is 0 Å². The molecule has 0 bridgehead atoms. The van der Waals surface area contributed by atoms with E-state index in [0.29, 0.717) is 12.4 Å². The van der Waals surface area contributed by atoms with Gasteiger partial charge in [-0.3, -0.25) is 0 Å². The Labute approximate surface area is 103 Å². The van der Waals surface area contributed by atoms with Crippen LogP contribution in [0.15, 0.2) is 24.3 Å². The van der Waals surface area contributed by atoms with Gasteiger partial charge >= 0.3 is 0 Å². The predicted molar refractivity (Wildman–Crippen MR) is 68.9 cm³/mol. The van der Waals surface area contributed by atoms with E-state index in [0.717, 1.165) is 32.4 Å². The third kappa shape index (κ3) is 6.27. The smallest absolute Gasteiger partial charge is 0.165 e. The van der Waals surface area contributed by atoms with Crippen LogP contribution in [0.5, 0.6) is 5.75 Å². The van der Waals surface area contributed by atoms with Crippen molar-refractivity contribution in [3.63, 3.8) is 0 Å². The minimum Gasteiger partial charge on any atom is -0.491 e. The summed E-state index contributed by atoms with van der Waals surface area (Å²) in [6.07, 6.45) is 4.42. The first-order chi connectivity index (χ1) is 8.34. The molecule has 1 aromatic carbocycles. The molecule has 0 aliphatic carbocycles. The van der Waals surface area contributed by atoms with Gasteiger partial charge in [-0.25, -0.2) is 4.39 Å². The zero-order chi connectivity index (χ0) is 12.3. The van der Waals surface area contributed by atoms with E-state index >= 15 is 0 Å². The minimum absolute atomic E-state index is 0.280. The van der Waals surface area contributed by atoms with Crippen molar-refractivity contribution in [2.75, 3.05) is 19.7 Å². The Morgan fingerprint density at radius 2 is 1.94 bits per heavy atom. The van der Waals surface area contributed by atoms with Crippen molar-refractivity contribution < 1.29 is 9.13 Å². The lowest BCUT2D eigenvalue weighted by Crippen LogP contribution is -2.15. The molecule has 0 aliphatic rings. The van der Waals surface area contributed by atoms with Crippen molar-refractivity contribution in [1.29, 1.82) is 0 Å². The van der Waals surface area contributed by atoms with Crippen LogP contribution >= 0.6 is 0 Å². The lowest BCUT2D eigenvalue weighted by Gasteiger charge is -2.07. The van der Waals surface area contributed by atoms with Crippen LogP contribution in [0.3, 0.4) is 0 Å². The van der Waals surface area contributed by atoms with Crippen LogP contribution in [-0.4, -0.2) is 19.7 Å². The average molecular weight is 239 g/mol. The fraction of sp³-hybridized carbons (Fsp3) is 0.571. The number of hydrogen-bond acceptors (Lipinski definition) is 2. The molecule has 0 aromatic heterocycles. The molecule has 0 radical (unpaired) electrons. The van der Waals surface area contributed by atoms with Crippen LogP contribution in [0.1, 0.15) is 32.6 Å². The van der Waals surface area contributed by atoms with E-state index in [1.165, 1.54) is 12.5 Å². The van der Waals surface area contributed by atoms with Gasteiger partial charge in [0.15, 0.2) is 11.6 Å². The zero-order valence-corrected chi connectivity index (χ0v) is 10.5. The van der Waals surface area contributed by atoms with Crippen LogP contribution < -0.4 is 10.1 Å². The number of hydrogen-bond donors (Lipinski definition) is 1. The third-order valence-corrected chi connectivity index (χ3v) is 2.52. The van der Waals surface area contributed by atoms with Gasteiger partial charge in [0.05, 0.1) is 6.61 Å². The summed E-state index contributed by atoms with van der Waals surface area (Å²) < 4.78 is 18.5. The average Bonchev–Trinajstić information content (AvgIpc) is 2.35. The molecular formula is C14H22FNO. The second-order valence-electron chi connectivity index (χ2n) is 4.09. The molecular weight excluding hydrogens is 217 g/mol. The molecule has 0 saturated carbocycles. The maximum atomic E-state index is 13.2. The maximum Gasteiger partial charge on any atom is 0.165 e. The molecule has 0 fully saturated rings. The van der Waals surface area contributed by atoms with Gasteiger partial charge in [0.25, 0.3) is 0 Å². The highest BCUT2D eigenvalue weighted by molar-refractivity contribution is 5.23. The van der Waals surface area contributed by atoms with E-state index < -0.39 is 0 Å². The molecule has 1 N–H and O–H groups in total. The molecule has 0 unspecified atom stereocenters. The van der Waals surface area contributed by atoms with Gasteiger partial charge in [-0.05, 0) is 50.9 Å². The first-order valence-corrected chi connectivity index (χ1v) is 6.42. The van der Waals surface area contributed by atoms with Crippen LogP contribution in [0.25, 0.3) is 0 Å². The number of unbranched alkanes of at least 4 members (excludes halogenated alkanes) is 2. The molecule has 1 rings (SSSR count). The van der Waals surface area contributed by atoms with Crippen molar-refractivity contribution in [2.24, 2.45) is 0 Å². The van der Waals surface area contributed by atoms with Gasteiger partial charge in [0.1, 0.15) is 0 Å². The van der Waals surface area contributed by atoms with Crippen molar-refractivity contribution in [2.45, 2.75) is 32.6 Å². The molecule has 17 heavy (non-hydrogen) atoms. The van der Waals surface area contributed by atoms with Crippen molar-refractivity contribution in [1.82, 2.24) is 5.32 Å². The molecule has 0 aliphatic heterocycles. The second-order valence-corrected chi connectivity index (χ2v) is 4.09. The highest BCUT2D eigenvalue weighted by Crippen LogP contribution is 2.15. The van der Waals surface area contributed by atoms with Crippen LogP contribution in [0.4, 0.5) is 4.39 Å². The van der Waals surface area contributed by atoms with E-state index in [-0.39, 0.29) is 5.82 Å². The molecule has 1 aromatic rings. The first kappa shape index (κ1) is 14.0. The van der Waals surface area contributed by atoms with Gasteiger partial charge in [-0.15, -0.1) is 0 Å². The van der Waals surface area contributed by atoms with Gasteiger partial charge < -0.3 is 10.1 Å². The third-order valence-electron chi connectivity index (χ3n) is 2.52. The molecule has 0 atom stereocenters. The minimum atomic E-state index is -0.280. The van der Waals surface area contributed by atoms with E-state index in [4.69, 9.17) is 4.74 Å².